The van der Waals surface area contributed by atoms with Gasteiger partial charge in [-0.05, 0) is 74.3 Å². The summed E-state index contributed by atoms with van der Waals surface area (Å²) >= 11 is 0. The summed E-state index contributed by atoms with van der Waals surface area (Å²) in [5, 5.41) is 5.62. The molecule has 0 bridgehead atoms. The van der Waals surface area contributed by atoms with Crippen LogP contribution in [-0.4, -0.2) is 0 Å². The molecule has 0 aliphatic carbocycles. The van der Waals surface area contributed by atoms with E-state index in [0.717, 1.165) is 60.5 Å². The van der Waals surface area contributed by atoms with Crippen LogP contribution < -0.4 is 4.74 Å². The third-order valence-electron chi connectivity index (χ3n) is 7.99. The van der Waals surface area contributed by atoms with Gasteiger partial charge in [0.2, 0.25) is 0 Å². The van der Waals surface area contributed by atoms with Crippen LogP contribution in [0.1, 0.15) is 5.48 Å². The molecule has 0 N–H and O–H groups in total. The minimum Gasteiger partial charge on any atom is -0.456 e. The fourth-order valence-electron chi connectivity index (χ4n) is 6.23. The van der Waals surface area contributed by atoms with Crippen LogP contribution in [0.15, 0.2) is 138 Å². The number of benzene rings is 7. The highest BCUT2D eigenvalue weighted by atomic mass is 16.5. The van der Waals surface area contributed by atoms with Gasteiger partial charge in [0, 0.05) is 21.7 Å². The summed E-state index contributed by atoms with van der Waals surface area (Å²) in [6.45, 7) is 0. The first-order chi connectivity index (χ1) is 21.5. The molecule has 1 aliphatic rings. The molecular weight excluding hydrogens is 488 g/mol. The van der Waals surface area contributed by atoms with Crippen LogP contribution in [0.2, 0.25) is 0 Å². The highest BCUT2D eigenvalue weighted by Gasteiger charge is 2.22. The van der Waals surface area contributed by atoms with Gasteiger partial charge in [-0.3, -0.25) is 0 Å². The fraction of sp³-hybridized carbons (Fsp3) is 0. The first-order valence-corrected chi connectivity index (χ1v) is 13.3. The van der Waals surface area contributed by atoms with Crippen molar-refractivity contribution in [2.24, 2.45) is 0 Å². The molecule has 0 saturated carbocycles. The van der Waals surface area contributed by atoms with Crippen LogP contribution in [-0.2, 0) is 0 Å². The summed E-state index contributed by atoms with van der Waals surface area (Å²) in [7, 11) is 0. The lowest BCUT2D eigenvalue weighted by molar-refractivity contribution is 0.487. The third kappa shape index (κ3) is 2.99. The van der Waals surface area contributed by atoms with Crippen molar-refractivity contribution >= 4 is 43.5 Å². The number of ether oxygens (including phenoxy) is 1. The normalized spacial score (nSPS) is 13.6. The molecule has 8 aromatic rings. The summed E-state index contributed by atoms with van der Waals surface area (Å²) < 4.78 is 48.5. The number of hydrogen-bond donors (Lipinski definition) is 0. The predicted molar refractivity (Wildman–Crippen MR) is 165 cm³/mol. The van der Waals surface area contributed by atoms with E-state index in [2.05, 4.69) is 24.3 Å². The number of fused-ring (bicyclic) bond motifs is 6. The Kier molecular flexibility index (Phi) is 3.64. The van der Waals surface area contributed by atoms with Crippen LogP contribution in [0, 0.1) is 0 Å². The van der Waals surface area contributed by atoms with Crippen molar-refractivity contribution in [1.82, 2.24) is 0 Å². The second-order valence-electron chi connectivity index (χ2n) is 10.2. The molecule has 186 valence electrons. The van der Waals surface area contributed by atoms with Crippen LogP contribution in [0.4, 0.5) is 0 Å². The van der Waals surface area contributed by atoms with Crippen LogP contribution in [0.3, 0.4) is 0 Å². The average molecular weight is 515 g/mol. The summed E-state index contributed by atoms with van der Waals surface area (Å²) in [5.41, 5.74) is 5.69. The molecule has 0 amide bonds. The van der Waals surface area contributed by atoms with Gasteiger partial charge < -0.3 is 9.15 Å². The monoisotopic (exact) mass is 514 g/mol. The minimum atomic E-state index is -0.274. The Bertz CT molecular complexity index is 2530. The molecule has 0 unspecified atom stereocenters. The zero-order chi connectivity index (χ0) is 29.7. The zero-order valence-corrected chi connectivity index (χ0v) is 21.2. The number of rotatable bonds is 2. The van der Waals surface area contributed by atoms with E-state index in [1.54, 1.807) is 0 Å². The fourth-order valence-corrected chi connectivity index (χ4v) is 6.23. The first kappa shape index (κ1) is 18.0. The van der Waals surface area contributed by atoms with E-state index in [-0.39, 0.29) is 24.2 Å². The van der Waals surface area contributed by atoms with Gasteiger partial charge >= 0.3 is 0 Å². The van der Waals surface area contributed by atoms with Gasteiger partial charge in [0.15, 0.2) is 0 Å². The molecule has 2 heterocycles. The Hall–Kier alpha value is -5.34. The SMILES string of the molecule is [2H]c1c([2H])c([2H])c(-c2cccc3oc4cc5ccccc5cc4c23)c(-c2ccc3c4c(cccc24)-c2ccccc2O3)c1[2H]. The van der Waals surface area contributed by atoms with Crippen molar-refractivity contribution in [3.63, 3.8) is 0 Å². The van der Waals surface area contributed by atoms with Crippen LogP contribution in [0.5, 0.6) is 11.5 Å². The second-order valence-corrected chi connectivity index (χ2v) is 10.2. The summed E-state index contributed by atoms with van der Waals surface area (Å²) in [5.74, 6) is 1.50. The van der Waals surface area contributed by atoms with E-state index in [1.165, 1.54) is 0 Å². The number of para-hydroxylation sites is 1. The summed E-state index contributed by atoms with van der Waals surface area (Å²) in [6.07, 6.45) is 0. The van der Waals surface area contributed by atoms with Gasteiger partial charge in [-0.2, -0.15) is 0 Å². The topological polar surface area (TPSA) is 22.4 Å². The average Bonchev–Trinajstić information content (AvgIpc) is 3.42. The Morgan fingerprint density at radius 3 is 2.02 bits per heavy atom. The smallest absolute Gasteiger partial charge is 0.136 e. The van der Waals surface area contributed by atoms with Crippen molar-refractivity contribution < 1.29 is 14.6 Å². The maximum Gasteiger partial charge on any atom is 0.136 e. The van der Waals surface area contributed by atoms with Crippen molar-refractivity contribution in [2.75, 3.05) is 0 Å². The Labute approximate surface area is 236 Å². The lowest BCUT2D eigenvalue weighted by Gasteiger charge is -2.23. The highest BCUT2D eigenvalue weighted by Crippen LogP contribution is 2.50. The lowest BCUT2D eigenvalue weighted by atomic mass is 9.87. The van der Waals surface area contributed by atoms with E-state index >= 15 is 0 Å². The van der Waals surface area contributed by atoms with Gasteiger partial charge in [0.25, 0.3) is 0 Å². The number of hydrogen-bond acceptors (Lipinski definition) is 2. The minimum absolute atomic E-state index is 0.0888. The highest BCUT2D eigenvalue weighted by molar-refractivity contribution is 6.17. The molecule has 1 aromatic heterocycles. The summed E-state index contributed by atoms with van der Waals surface area (Å²) in [4.78, 5) is 0. The standard InChI is InChI=1S/C38H22O2/c1-2-10-24-22-36-32(21-23(24)9-1)38-29(16-8-18-34(38)40-36)26-12-4-3-11-25(26)27-19-20-35-37-30(27)14-7-15-31(37)28-13-5-6-17-33(28)39-35/h1-22H/i3D,4D,11D,12D. The molecule has 40 heavy (non-hydrogen) atoms. The van der Waals surface area contributed by atoms with Gasteiger partial charge in [-0.1, -0.05) is 103 Å². The molecule has 7 aromatic carbocycles. The molecular formula is C38H22O2. The van der Waals surface area contributed by atoms with Crippen LogP contribution in [0.25, 0.3) is 76.9 Å². The lowest BCUT2D eigenvalue weighted by Crippen LogP contribution is -1.98. The molecule has 0 atom stereocenters. The molecule has 0 saturated heterocycles. The number of furan rings is 1. The first-order valence-electron chi connectivity index (χ1n) is 15.3. The van der Waals surface area contributed by atoms with E-state index in [9.17, 15) is 2.74 Å². The quantitative estimate of drug-likeness (QED) is 0.229. The molecule has 9 rings (SSSR count). The van der Waals surface area contributed by atoms with E-state index in [0.29, 0.717) is 27.8 Å². The third-order valence-corrected chi connectivity index (χ3v) is 7.99. The van der Waals surface area contributed by atoms with E-state index < -0.39 is 0 Å². The van der Waals surface area contributed by atoms with Gasteiger partial charge in [0.1, 0.15) is 22.7 Å². The summed E-state index contributed by atoms with van der Waals surface area (Å²) in [6, 6.07) is 35.0. The molecule has 0 spiro atoms. The maximum absolute atomic E-state index is 9.22. The van der Waals surface area contributed by atoms with Crippen molar-refractivity contribution in [3.05, 3.63) is 133 Å². The second kappa shape index (κ2) is 8.08. The van der Waals surface area contributed by atoms with Crippen molar-refractivity contribution in [1.29, 1.82) is 0 Å². The predicted octanol–water partition coefficient (Wildman–Crippen LogP) is 11.0. The molecule has 1 aliphatic heterocycles. The Morgan fingerprint density at radius 2 is 1.15 bits per heavy atom. The molecule has 2 nitrogen and oxygen atoms in total. The van der Waals surface area contributed by atoms with Gasteiger partial charge in [0.05, 0.1) is 5.48 Å². The Balaban J connectivity index is 1.41. The molecule has 0 radical (unpaired) electrons. The Morgan fingerprint density at radius 1 is 0.450 bits per heavy atom. The zero-order valence-electron chi connectivity index (χ0n) is 25.2. The van der Waals surface area contributed by atoms with Crippen LogP contribution >= 0.6 is 0 Å². The molecule has 0 fully saturated rings. The largest absolute Gasteiger partial charge is 0.456 e. The van der Waals surface area contributed by atoms with Crippen molar-refractivity contribution in [3.8, 4) is 44.9 Å². The maximum atomic E-state index is 9.22. The van der Waals surface area contributed by atoms with E-state index in [4.69, 9.17) is 11.9 Å². The van der Waals surface area contributed by atoms with Gasteiger partial charge in [-0.15, -0.1) is 0 Å². The molecule has 2 heteroatoms. The van der Waals surface area contributed by atoms with Crippen molar-refractivity contribution in [2.45, 2.75) is 0 Å². The van der Waals surface area contributed by atoms with E-state index in [1.807, 2.05) is 84.9 Å². The van der Waals surface area contributed by atoms with Gasteiger partial charge in [-0.25, -0.2) is 0 Å².